The van der Waals surface area contributed by atoms with Gasteiger partial charge in [-0.25, -0.2) is 4.79 Å². The van der Waals surface area contributed by atoms with Crippen LogP contribution in [-0.2, 0) is 9.53 Å². The van der Waals surface area contributed by atoms with E-state index in [9.17, 15) is 14.4 Å². The number of ether oxygens (including phenoxy) is 1. The zero-order chi connectivity index (χ0) is 24.0. The molecule has 33 heavy (non-hydrogen) atoms. The molecule has 1 aromatic carbocycles. The molecule has 9 nitrogen and oxygen atoms in total. The van der Waals surface area contributed by atoms with Gasteiger partial charge in [-0.05, 0) is 42.5 Å². The number of thiophene rings is 1. The maximum absolute atomic E-state index is 12.2. The van der Waals surface area contributed by atoms with Crippen molar-refractivity contribution in [1.29, 1.82) is 0 Å². The highest BCUT2D eigenvalue weighted by Crippen LogP contribution is 2.23. The number of carboxylic acid groups (broad SMARTS) is 1. The molecule has 1 aliphatic rings. The lowest BCUT2D eigenvalue weighted by molar-refractivity contribution is -0.134. The number of cyclic esters (lactones) is 1. The van der Waals surface area contributed by atoms with Crippen LogP contribution in [0, 0.1) is 0 Å². The molecule has 2 N–H and O–H groups in total. The fraction of sp³-hybridized carbons (Fsp3) is 0.182. The van der Waals surface area contributed by atoms with Gasteiger partial charge in [0.25, 0.3) is 17.4 Å². The van der Waals surface area contributed by atoms with Gasteiger partial charge < -0.3 is 15.2 Å². The third kappa shape index (κ3) is 6.43. The van der Waals surface area contributed by atoms with Gasteiger partial charge in [0.15, 0.2) is 0 Å². The predicted molar refractivity (Wildman–Crippen MR) is 125 cm³/mol. The minimum atomic E-state index is -0.833. The molecule has 11 heteroatoms. The molecule has 2 amide bonds. The number of carbonyl (C=O) groups excluding carboxylic acids is 2. The van der Waals surface area contributed by atoms with Crippen LogP contribution in [0.15, 0.2) is 65.6 Å². The van der Waals surface area contributed by atoms with E-state index < -0.39 is 18.2 Å². The van der Waals surface area contributed by atoms with E-state index >= 15 is 0 Å². The van der Waals surface area contributed by atoms with Gasteiger partial charge in [0, 0.05) is 30.6 Å². The largest absolute Gasteiger partial charge is 0.481 e. The minimum Gasteiger partial charge on any atom is -0.481 e. The molecule has 1 atom stereocenters. The lowest BCUT2D eigenvalue weighted by atomic mass is 10.2. The lowest BCUT2D eigenvalue weighted by Gasteiger charge is -2.14. The van der Waals surface area contributed by atoms with Crippen LogP contribution in [0.5, 0.6) is 0 Å². The Kier molecular flexibility index (Phi) is 7.86. The molecule has 0 unspecified atom stereocenters. The summed E-state index contributed by atoms with van der Waals surface area (Å²) in [6, 6.07) is 15.3. The number of carbonyl (C=O) groups is 3. The normalized spacial score (nSPS) is 14.8. The van der Waals surface area contributed by atoms with Crippen LogP contribution in [0.4, 0.5) is 10.5 Å². The van der Waals surface area contributed by atoms with Gasteiger partial charge in [-0.3, -0.25) is 23.9 Å². The summed E-state index contributed by atoms with van der Waals surface area (Å²) >= 11 is 7.03. The SMILES string of the molecule is CC(=O)O.O=C(NC[C@H]1CN(c2ccc(-n3ccccc3=O)cc2)C(=O)O1)c1ccc(Cl)s1. The van der Waals surface area contributed by atoms with E-state index in [1.165, 1.54) is 26.9 Å². The Morgan fingerprint density at radius 1 is 1.12 bits per heavy atom. The van der Waals surface area contributed by atoms with Crippen molar-refractivity contribution in [2.75, 3.05) is 18.0 Å². The Hall–Kier alpha value is -3.63. The zero-order valence-corrected chi connectivity index (χ0v) is 19.0. The summed E-state index contributed by atoms with van der Waals surface area (Å²) in [6.07, 6.45) is 0.743. The number of aromatic nitrogens is 1. The van der Waals surface area contributed by atoms with Gasteiger partial charge >= 0.3 is 6.09 Å². The number of nitrogens with zero attached hydrogens (tertiary/aromatic N) is 2. The number of aliphatic carboxylic acids is 1. The Morgan fingerprint density at radius 2 is 1.79 bits per heavy atom. The maximum atomic E-state index is 12.2. The molecule has 172 valence electrons. The van der Waals surface area contributed by atoms with Crippen LogP contribution in [0.1, 0.15) is 16.6 Å². The highest BCUT2D eigenvalue weighted by Gasteiger charge is 2.32. The molecule has 2 aromatic heterocycles. The van der Waals surface area contributed by atoms with Crippen LogP contribution < -0.4 is 15.8 Å². The predicted octanol–water partition coefficient (Wildman–Crippen LogP) is 3.40. The monoisotopic (exact) mass is 489 g/mol. The Morgan fingerprint density at radius 3 is 2.39 bits per heavy atom. The van der Waals surface area contributed by atoms with Gasteiger partial charge in [0.1, 0.15) is 6.10 Å². The fourth-order valence-electron chi connectivity index (χ4n) is 3.00. The molecule has 3 heterocycles. The second-order valence-electron chi connectivity index (χ2n) is 6.87. The van der Waals surface area contributed by atoms with E-state index in [-0.39, 0.29) is 18.0 Å². The van der Waals surface area contributed by atoms with Crippen molar-refractivity contribution >= 4 is 46.6 Å². The summed E-state index contributed by atoms with van der Waals surface area (Å²) in [5, 5.41) is 10.2. The van der Waals surface area contributed by atoms with E-state index in [1.807, 2.05) is 0 Å². The molecule has 0 radical (unpaired) electrons. The standard InChI is InChI=1S/C20H16ClN3O4S.C2H4O2/c21-17-9-8-16(29-17)19(26)22-11-15-12-24(20(27)28-15)14-6-4-13(5-7-14)23-10-2-1-3-18(23)25;1-2(3)4/h1-10,15H,11-12H2,(H,22,26);1H3,(H,3,4)/t15-;/m0./s1. The molecule has 0 aliphatic carbocycles. The Bertz CT molecular complexity index is 1200. The quantitative estimate of drug-likeness (QED) is 0.567. The number of halogens is 1. The van der Waals surface area contributed by atoms with Crippen LogP contribution in [0.3, 0.4) is 0 Å². The van der Waals surface area contributed by atoms with E-state index in [0.29, 0.717) is 27.1 Å². The van der Waals surface area contributed by atoms with E-state index in [2.05, 4.69) is 5.32 Å². The van der Waals surface area contributed by atoms with E-state index in [1.54, 1.807) is 54.7 Å². The molecular formula is C22H20ClN3O6S. The molecule has 3 aromatic rings. The van der Waals surface area contributed by atoms with Crippen LogP contribution in [0.2, 0.25) is 4.34 Å². The molecule has 1 aliphatic heterocycles. The summed E-state index contributed by atoms with van der Waals surface area (Å²) in [6.45, 7) is 1.60. The second kappa shape index (κ2) is 10.8. The fourth-order valence-corrected chi connectivity index (χ4v) is 3.96. The van der Waals surface area contributed by atoms with Crippen molar-refractivity contribution in [3.05, 3.63) is 80.4 Å². The second-order valence-corrected chi connectivity index (χ2v) is 8.59. The third-order valence-corrected chi connectivity index (χ3v) is 5.65. The van der Waals surface area contributed by atoms with Gasteiger partial charge in [-0.2, -0.15) is 0 Å². The van der Waals surface area contributed by atoms with Gasteiger partial charge in [-0.1, -0.05) is 17.7 Å². The van der Waals surface area contributed by atoms with Crippen LogP contribution >= 0.6 is 22.9 Å². The number of rotatable bonds is 5. The molecular weight excluding hydrogens is 470 g/mol. The number of hydrogen-bond acceptors (Lipinski definition) is 6. The number of amides is 2. The number of anilines is 1. The molecule has 1 fully saturated rings. The minimum absolute atomic E-state index is 0.135. The third-order valence-electron chi connectivity index (χ3n) is 4.42. The summed E-state index contributed by atoms with van der Waals surface area (Å²) in [5.41, 5.74) is 1.22. The van der Waals surface area contributed by atoms with Crippen molar-refractivity contribution in [3.8, 4) is 5.69 Å². The lowest BCUT2D eigenvalue weighted by Crippen LogP contribution is -2.34. The van der Waals surface area contributed by atoms with Gasteiger partial charge in [0.05, 0.1) is 22.3 Å². The smallest absolute Gasteiger partial charge is 0.414 e. The Labute approximate surface area is 197 Å². The van der Waals surface area contributed by atoms with Crippen molar-refractivity contribution in [2.24, 2.45) is 0 Å². The first-order chi connectivity index (χ1) is 15.7. The first-order valence-corrected chi connectivity index (χ1v) is 10.9. The highest BCUT2D eigenvalue weighted by molar-refractivity contribution is 7.18. The molecule has 1 saturated heterocycles. The molecule has 0 bridgehead atoms. The highest BCUT2D eigenvalue weighted by atomic mass is 35.5. The first kappa shape index (κ1) is 24.0. The number of hydrogen-bond donors (Lipinski definition) is 2. The summed E-state index contributed by atoms with van der Waals surface area (Å²) < 4.78 is 7.40. The number of benzene rings is 1. The van der Waals surface area contributed by atoms with E-state index in [0.717, 1.165) is 6.92 Å². The zero-order valence-electron chi connectivity index (χ0n) is 17.4. The average molecular weight is 490 g/mol. The summed E-state index contributed by atoms with van der Waals surface area (Å²) in [5.74, 6) is -1.09. The topological polar surface area (TPSA) is 118 Å². The average Bonchev–Trinajstić information content (AvgIpc) is 3.38. The summed E-state index contributed by atoms with van der Waals surface area (Å²) in [7, 11) is 0. The Balaban J connectivity index is 0.000000709. The number of nitrogens with one attached hydrogen (secondary N) is 1. The van der Waals surface area contributed by atoms with Crippen molar-refractivity contribution < 1.29 is 24.2 Å². The van der Waals surface area contributed by atoms with Crippen LogP contribution in [-0.4, -0.2) is 46.8 Å². The van der Waals surface area contributed by atoms with Gasteiger partial charge in [-0.15, -0.1) is 11.3 Å². The van der Waals surface area contributed by atoms with E-state index in [4.69, 9.17) is 26.2 Å². The van der Waals surface area contributed by atoms with Crippen LogP contribution in [0.25, 0.3) is 5.69 Å². The maximum Gasteiger partial charge on any atom is 0.414 e. The van der Waals surface area contributed by atoms with Crippen molar-refractivity contribution in [2.45, 2.75) is 13.0 Å². The molecule has 0 saturated carbocycles. The first-order valence-electron chi connectivity index (χ1n) is 9.74. The van der Waals surface area contributed by atoms with Gasteiger partial charge in [0.2, 0.25) is 0 Å². The van der Waals surface area contributed by atoms with Crippen molar-refractivity contribution in [3.63, 3.8) is 0 Å². The van der Waals surface area contributed by atoms with Crippen molar-refractivity contribution in [1.82, 2.24) is 9.88 Å². The number of carboxylic acids is 1. The molecule has 4 rings (SSSR count). The molecule has 0 spiro atoms. The number of pyridine rings is 1. The summed E-state index contributed by atoms with van der Waals surface area (Å²) in [4.78, 5) is 47.3.